The van der Waals surface area contributed by atoms with Crippen molar-refractivity contribution in [2.75, 3.05) is 5.32 Å². The van der Waals surface area contributed by atoms with Gasteiger partial charge in [0.15, 0.2) is 0 Å². The van der Waals surface area contributed by atoms with Gasteiger partial charge in [-0.3, -0.25) is 0 Å². The molecule has 0 fully saturated rings. The maximum absolute atomic E-state index is 11.2. The van der Waals surface area contributed by atoms with E-state index in [2.05, 4.69) is 35.1 Å². The van der Waals surface area contributed by atoms with E-state index in [1.165, 1.54) is 16.9 Å². The van der Waals surface area contributed by atoms with Gasteiger partial charge in [0.25, 0.3) is 0 Å². The number of fused-ring (bicyclic) bond motifs is 1. The molecule has 2 aromatic carbocycles. The Morgan fingerprint density at radius 3 is 2.50 bits per heavy atom. The van der Waals surface area contributed by atoms with Crippen molar-refractivity contribution in [1.29, 1.82) is 0 Å². The summed E-state index contributed by atoms with van der Waals surface area (Å²) in [6.45, 7) is 2.14. The topological polar surface area (TPSA) is 54.3 Å². The van der Waals surface area contributed by atoms with Gasteiger partial charge in [-0.1, -0.05) is 36.4 Å². The van der Waals surface area contributed by atoms with Gasteiger partial charge in [0.1, 0.15) is 9.88 Å². The van der Waals surface area contributed by atoms with E-state index in [4.69, 9.17) is 0 Å². The number of thiophene rings is 1. The zero-order valence-electron chi connectivity index (χ0n) is 14.2. The van der Waals surface area contributed by atoms with E-state index in [9.17, 15) is 9.90 Å². The van der Waals surface area contributed by atoms with Crippen LogP contribution in [0.2, 0.25) is 0 Å². The molecular weight excluding hydrogens is 344 g/mol. The molecule has 0 bridgehead atoms. The third-order valence-electron chi connectivity index (χ3n) is 4.41. The van der Waals surface area contributed by atoms with Crippen LogP contribution in [0.25, 0.3) is 15.9 Å². The number of aromatic carboxylic acids is 1. The first kappa shape index (κ1) is 16.4. The molecule has 0 radical (unpaired) electrons. The Hall–Kier alpha value is -3.05. The molecule has 4 aromatic rings. The highest BCUT2D eigenvalue weighted by Gasteiger charge is 2.16. The smallest absolute Gasteiger partial charge is 0.345 e. The number of benzene rings is 2. The minimum atomic E-state index is -0.892. The highest BCUT2D eigenvalue weighted by molar-refractivity contribution is 7.16. The van der Waals surface area contributed by atoms with Gasteiger partial charge in [-0.25, -0.2) is 4.79 Å². The summed E-state index contributed by atoms with van der Waals surface area (Å²) >= 11 is 1.28. The first-order valence-electron chi connectivity index (χ1n) is 8.38. The highest BCUT2D eigenvalue weighted by atomic mass is 32.1. The van der Waals surface area contributed by atoms with Crippen molar-refractivity contribution in [3.63, 3.8) is 0 Å². The van der Waals surface area contributed by atoms with Gasteiger partial charge in [-0.15, -0.1) is 11.3 Å². The standard InChI is InChI=1S/C21H18N2O2S/c1-14(22-15-7-3-2-4-8-15)17-13-23(18-10-6-5-9-16(17)18)20-12-11-19(26-20)21(24)25/h2-14,22H,1H3,(H,24,25). The van der Waals surface area contributed by atoms with Crippen molar-refractivity contribution in [3.05, 3.63) is 83.4 Å². The number of nitrogens with one attached hydrogen (secondary N) is 1. The molecule has 0 spiro atoms. The predicted molar refractivity (Wildman–Crippen MR) is 107 cm³/mol. The molecule has 2 N–H and O–H groups in total. The van der Waals surface area contributed by atoms with E-state index in [0.29, 0.717) is 4.88 Å². The summed E-state index contributed by atoms with van der Waals surface area (Å²) in [6, 6.07) is 22.0. The summed E-state index contributed by atoms with van der Waals surface area (Å²) in [7, 11) is 0. The molecule has 0 amide bonds. The lowest BCUT2D eigenvalue weighted by atomic mass is 10.1. The number of carboxylic acids is 1. The second kappa shape index (κ2) is 6.69. The molecule has 0 saturated carbocycles. The summed E-state index contributed by atoms with van der Waals surface area (Å²) in [5.74, 6) is -0.892. The van der Waals surface area contributed by atoms with E-state index in [1.807, 2.05) is 48.5 Å². The second-order valence-electron chi connectivity index (χ2n) is 6.15. The number of hydrogen-bond acceptors (Lipinski definition) is 3. The molecule has 4 rings (SSSR count). The van der Waals surface area contributed by atoms with Gasteiger partial charge in [0.2, 0.25) is 0 Å². The van der Waals surface area contributed by atoms with Crippen LogP contribution in [0.5, 0.6) is 0 Å². The zero-order valence-corrected chi connectivity index (χ0v) is 15.0. The molecule has 26 heavy (non-hydrogen) atoms. The van der Waals surface area contributed by atoms with Crippen molar-refractivity contribution in [1.82, 2.24) is 4.57 Å². The molecule has 2 aromatic heterocycles. The SMILES string of the molecule is CC(Nc1ccccc1)c1cn(-c2ccc(C(=O)O)s2)c2ccccc12. The molecule has 1 unspecified atom stereocenters. The Morgan fingerprint density at radius 1 is 1.04 bits per heavy atom. The number of nitrogens with zero attached hydrogens (tertiary/aromatic N) is 1. The van der Waals surface area contributed by atoms with Crippen LogP contribution in [-0.4, -0.2) is 15.6 Å². The van der Waals surface area contributed by atoms with E-state index in [0.717, 1.165) is 21.6 Å². The van der Waals surface area contributed by atoms with E-state index < -0.39 is 5.97 Å². The minimum Gasteiger partial charge on any atom is -0.477 e. The fourth-order valence-corrected chi connectivity index (χ4v) is 4.00. The largest absolute Gasteiger partial charge is 0.477 e. The van der Waals surface area contributed by atoms with E-state index in [-0.39, 0.29) is 6.04 Å². The average molecular weight is 362 g/mol. The maximum atomic E-state index is 11.2. The molecular formula is C21H18N2O2S. The lowest BCUT2D eigenvalue weighted by Crippen LogP contribution is -2.05. The van der Waals surface area contributed by atoms with Gasteiger partial charge in [-0.2, -0.15) is 0 Å². The molecule has 0 aliphatic rings. The van der Waals surface area contributed by atoms with Crippen molar-refractivity contribution < 1.29 is 9.90 Å². The Labute approximate surface area is 155 Å². The Bertz CT molecular complexity index is 1070. The summed E-state index contributed by atoms with van der Waals surface area (Å²) in [4.78, 5) is 11.6. The molecule has 5 heteroatoms. The van der Waals surface area contributed by atoms with Crippen LogP contribution in [0.3, 0.4) is 0 Å². The van der Waals surface area contributed by atoms with Crippen LogP contribution in [0.1, 0.15) is 28.2 Å². The molecule has 130 valence electrons. The fraction of sp³-hybridized carbons (Fsp3) is 0.0952. The van der Waals surface area contributed by atoms with Crippen LogP contribution < -0.4 is 5.32 Å². The van der Waals surface area contributed by atoms with E-state index in [1.54, 1.807) is 6.07 Å². The molecule has 0 saturated heterocycles. The summed E-state index contributed by atoms with van der Waals surface area (Å²) in [5.41, 5.74) is 3.32. The van der Waals surface area contributed by atoms with Crippen LogP contribution in [0, 0.1) is 0 Å². The Kier molecular flexibility index (Phi) is 4.22. The first-order chi connectivity index (χ1) is 12.6. The Balaban J connectivity index is 1.77. The highest BCUT2D eigenvalue weighted by Crippen LogP contribution is 2.33. The number of carbonyl (C=O) groups is 1. The van der Waals surface area contributed by atoms with Gasteiger partial charge >= 0.3 is 5.97 Å². The molecule has 0 aliphatic heterocycles. The summed E-state index contributed by atoms with van der Waals surface area (Å²) < 4.78 is 2.07. The number of hydrogen-bond donors (Lipinski definition) is 2. The lowest BCUT2D eigenvalue weighted by Gasteiger charge is -2.14. The van der Waals surface area contributed by atoms with Crippen LogP contribution in [0.4, 0.5) is 5.69 Å². The lowest BCUT2D eigenvalue weighted by molar-refractivity contribution is 0.0702. The van der Waals surface area contributed by atoms with Crippen molar-refractivity contribution in [2.45, 2.75) is 13.0 Å². The minimum absolute atomic E-state index is 0.113. The van der Waals surface area contributed by atoms with Crippen molar-refractivity contribution in [2.24, 2.45) is 0 Å². The Morgan fingerprint density at radius 2 is 1.77 bits per heavy atom. The van der Waals surface area contributed by atoms with Crippen molar-refractivity contribution >= 4 is 33.9 Å². The molecule has 2 heterocycles. The predicted octanol–water partition coefficient (Wildman–Crippen LogP) is 5.56. The number of para-hydroxylation sites is 2. The maximum Gasteiger partial charge on any atom is 0.345 e. The van der Waals surface area contributed by atoms with Crippen LogP contribution in [0.15, 0.2) is 72.9 Å². The summed E-state index contributed by atoms with van der Waals surface area (Å²) in [5, 5.41) is 14.8. The number of anilines is 1. The number of aromatic nitrogens is 1. The third kappa shape index (κ3) is 2.97. The van der Waals surface area contributed by atoms with Crippen LogP contribution in [-0.2, 0) is 0 Å². The monoisotopic (exact) mass is 362 g/mol. The van der Waals surface area contributed by atoms with Crippen molar-refractivity contribution in [3.8, 4) is 5.00 Å². The third-order valence-corrected chi connectivity index (χ3v) is 5.48. The summed E-state index contributed by atoms with van der Waals surface area (Å²) in [6.07, 6.45) is 2.10. The molecule has 1 atom stereocenters. The van der Waals surface area contributed by atoms with Crippen LogP contribution >= 0.6 is 11.3 Å². The first-order valence-corrected chi connectivity index (χ1v) is 9.20. The quantitative estimate of drug-likeness (QED) is 0.488. The van der Waals surface area contributed by atoms with Gasteiger partial charge in [-0.05, 0) is 42.8 Å². The number of rotatable bonds is 5. The fourth-order valence-electron chi connectivity index (χ4n) is 3.17. The normalized spacial score (nSPS) is 12.2. The zero-order chi connectivity index (χ0) is 18.1. The van der Waals surface area contributed by atoms with Gasteiger partial charge < -0.3 is 15.0 Å². The van der Waals surface area contributed by atoms with E-state index >= 15 is 0 Å². The molecule has 0 aliphatic carbocycles. The average Bonchev–Trinajstić information content (AvgIpc) is 3.27. The van der Waals surface area contributed by atoms with Gasteiger partial charge in [0, 0.05) is 17.3 Å². The van der Waals surface area contributed by atoms with Gasteiger partial charge in [0.05, 0.1) is 11.6 Å². The molecule has 4 nitrogen and oxygen atoms in total. The second-order valence-corrected chi connectivity index (χ2v) is 7.21. The number of carboxylic acid groups (broad SMARTS) is 1.